The number of sulfonamides is 1. The molecule has 1 fully saturated rings. The fourth-order valence-electron chi connectivity index (χ4n) is 2.38. The monoisotopic (exact) mass is 294 g/mol. The summed E-state index contributed by atoms with van der Waals surface area (Å²) in [6.45, 7) is 1.48. The van der Waals surface area contributed by atoms with Gasteiger partial charge in [-0.1, -0.05) is 12.8 Å². The van der Waals surface area contributed by atoms with Gasteiger partial charge in [-0.15, -0.1) is 0 Å². The molecule has 0 heterocycles. The number of rotatable bonds is 9. The molecule has 0 aliphatic heterocycles. The summed E-state index contributed by atoms with van der Waals surface area (Å²) >= 11 is 1.82. The minimum atomic E-state index is -3.09. The quantitative estimate of drug-likeness (QED) is 0.634. The molecule has 18 heavy (non-hydrogen) atoms. The van der Waals surface area contributed by atoms with Crippen molar-refractivity contribution in [1.82, 2.24) is 10.0 Å². The van der Waals surface area contributed by atoms with E-state index >= 15 is 0 Å². The maximum Gasteiger partial charge on any atom is 0.211 e. The molecule has 1 rings (SSSR count). The van der Waals surface area contributed by atoms with Crippen molar-refractivity contribution in [2.45, 2.75) is 43.3 Å². The van der Waals surface area contributed by atoms with Crippen LogP contribution in [0.2, 0.25) is 0 Å². The SMILES string of the molecule is CNCCCCS(=O)(=O)NCC1(SC)CCCC1. The van der Waals surface area contributed by atoms with E-state index in [2.05, 4.69) is 16.3 Å². The van der Waals surface area contributed by atoms with Gasteiger partial charge in [0.25, 0.3) is 0 Å². The van der Waals surface area contributed by atoms with E-state index in [9.17, 15) is 8.42 Å². The Balaban J connectivity index is 2.31. The second kappa shape index (κ2) is 7.72. The van der Waals surface area contributed by atoms with Gasteiger partial charge in [-0.05, 0) is 45.5 Å². The predicted molar refractivity (Wildman–Crippen MR) is 79.7 cm³/mol. The molecule has 108 valence electrons. The molecule has 0 spiro atoms. The Labute approximate surface area is 116 Å². The minimum Gasteiger partial charge on any atom is -0.320 e. The van der Waals surface area contributed by atoms with Crippen molar-refractivity contribution in [3.8, 4) is 0 Å². The topological polar surface area (TPSA) is 58.2 Å². The summed E-state index contributed by atoms with van der Waals surface area (Å²) in [4.78, 5) is 0. The van der Waals surface area contributed by atoms with Crippen LogP contribution in [0.25, 0.3) is 0 Å². The summed E-state index contributed by atoms with van der Waals surface area (Å²) < 4.78 is 26.7. The van der Waals surface area contributed by atoms with E-state index < -0.39 is 10.0 Å². The first-order valence-electron chi connectivity index (χ1n) is 6.71. The zero-order valence-corrected chi connectivity index (χ0v) is 13.1. The summed E-state index contributed by atoms with van der Waals surface area (Å²) in [5.41, 5.74) is 0. The molecule has 0 aromatic carbocycles. The van der Waals surface area contributed by atoms with Gasteiger partial charge in [0.2, 0.25) is 10.0 Å². The number of nitrogens with one attached hydrogen (secondary N) is 2. The van der Waals surface area contributed by atoms with E-state index in [1.807, 2.05) is 18.8 Å². The normalized spacial score (nSPS) is 19.2. The van der Waals surface area contributed by atoms with Crippen LogP contribution in [0, 0.1) is 0 Å². The second-order valence-electron chi connectivity index (χ2n) is 5.04. The Morgan fingerprint density at radius 2 is 1.89 bits per heavy atom. The van der Waals surface area contributed by atoms with Crippen LogP contribution in [-0.4, -0.2) is 45.3 Å². The Bertz CT molecular complexity index is 325. The predicted octanol–water partition coefficient (Wildman–Crippen LogP) is 1.58. The van der Waals surface area contributed by atoms with Gasteiger partial charge in [0.1, 0.15) is 0 Å². The molecule has 0 radical (unpaired) electrons. The van der Waals surface area contributed by atoms with E-state index in [1.165, 1.54) is 12.8 Å². The molecule has 6 heteroatoms. The van der Waals surface area contributed by atoms with Crippen molar-refractivity contribution < 1.29 is 8.42 Å². The maximum absolute atomic E-state index is 11.9. The highest BCUT2D eigenvalue weighted by Gasteiger charge is 2.33. The van der Waals surface area contributed by atoms with Crippen molar-refractivity contribution in [3.05, 3.63) is 0 Å². The van der Waals surface area contributed by atoms with Crippen LogP contribution in [0.5, 0.6) is 0 Å². The Morgan fingerprint density at radius 3 is 2.44 bits per heavy atom. The Morgan fingerprint density at radius 1 is 1.22 bits per heavy atom. The highest BCUT2D eigenvalue weighted by Crippen LogP contribution is 2.39. The van der Waals surface area contributed by atoms with Crippen LogP contribution in [0.3, 0.4) is 0 Å². The van der Waals surface area contributed by atoms with E-state index in [4.69, 9.17) is 0 Å². The lowest BCUT2D eigenvalue weighted by molar-refractivity contribution is 0.548. The van der Waals surface area contributed by atoms with Crippen LogP contribution in [0.1, 0.15) is 38.5 Å². The van der Waals surface area contributed by atoms with Crippen molar-refractivity contribution in [2.75, 3.05) is 32.1 Å². The lowest BCUT2D eigenvalue weighted by Gasteiger charge is -2.26. The smallest absolute Gasteiger partial charge is 0.211 e. The highest BCUT2D eigenvalue weighted by molar-refractivity contribution is 8.00. The summed E-state index contributed by atoms with van der Waals surface area (Å²) in [6, 6.07) is 0. The van der Waals surface area contributed by atoms with E-state index in [1.54, 1.807) is 0 Å². The third-order valence-corrected chi connectivity index (χ3v) is 6.48. The molecule has 0 amide bonds. The van der Waals surface area contributed by atoms with Crippen molar-refractivity contribution in [3.63, 3.8) is 0 Å². The third-order valence-electron chi connectivity index (χ3n) is 3.65. The fraction of sp³-hybridized carbons (Fsp3) is 1.00. The van der Waals surface area contributed by atoms with Gasteiger partial charge >= 0.3 is 0 Å². The van der Waals surface area contributed by atoms with Crippen molar-refractivity contribution in [1.29, 1.82) is 0 Å². The zero-order valence-electron chi connectivity index (χ0n) is 11.5. The molecule has 1 saturated carbocycles. The van der Waals surface area contributed by atoms with Gasteiger partial charge in [0.15, 0.2) is 0 Å². The van der Waals surface area contributed by atoms with Gasteiger partial charge in [0.05, 0.1) is 5.75 Å². The molecule has 1 aliphatic carbocycles. The molecule has 0 saturated heterocycles. The first-order chi connectivity index (χ1) is 8.54. The van der Waals surface area contributed by atoms with Gasteiger partial charge in [-0.3, -0.25) is 0 Å². The molecule has 0 aromatic rings. The first kappa shape index (κ1) is 16.3. The summed E-state index contributed by atoms with van der Waals surface area (Å²) in [7, 11) is -1.20. The molecule has 0 aromatic heterocycles. The van der Waals surface area contributed by atoms with Crippen molar-refractivity contribution in [2.24, 2.45) is 0 Å². The molecule has 2 N–H and O–H groups in total. The van der Waals surface area contributed by atoms with Crippen LogP contribution in [-0.2, 0) is 10.0 Å². The number of hydrogen-bond acceptors (Lipinski definition) is 4. The number of thioether (sulfide) groups is 1. The molecule has 0 unspecified atom stereocenters. The maximum atomic E-state index is 11.9. The minimum absolute atomic E-state index is 0.151. The lowest BCUT2D eigenvalue weighted by atomic mass is 10.1. The van der Waals surface area contributed by atoms with Gasteiger partial charge in [0, 0.05) is 11.3 Å². The molecule has 0 bridgehead atoms. The van der Waals surface area contributed by atoms with Crippen LogP contribution in [0.15, 0.2) is 0 Å². The summed E-state index contributed by atoms with van der Waals surface area (Å²) in [5, 5.41) is 3.03. The van der Waals surface area contributed by atoms with Crippen LogP contribution >= 0.6 is 11.8 Å². The van der Waals surface area contributed by atoms with E-state index in [-0.39, 0.29) is 10.5 Å². The summed E-state index contributed by atoms with van der Waals surface area (Å²) in [5.74, 6) is 0.249. The molecular formula is C12H26N2O2S2. The molecular weight excluding hydrogens is 268 g/mol. The Hall–Kier alpha value is 0.220. The number of hydrogen-bond donors (Lipinski definition) is 2. The fourth-order valence-corrected chi connectivity index (χ4v) is 4.61. The number of unbranched alkanes of at least 4 members (excludes halogenated alkanes) is 1. The lowest BCUT2D eigenvalue weighted by Crippen LogP contribution is -2.39. The molecule has 0 atom stereocenters. The van der Waals surface area contributed by atoms with Gasteiger partial charge in [-0.25, -0.2) is 13.1 Å². The van der Waals surface area contributed by atoms with E-state index in [0.717, 1.165) is 32.2 Å². The third kappa shape index (κ3) is 5.47. The average molecular weight is 294 g/mol. The van der Waals surface area contributed by atoms with E-state index in [0.29, 0.717) is 6.54 Å². The van der Waals surface area contributed by atoms with Gasteiger partial charge < -0.3 is 5.32 Å². The van der Waals surface area contributed by atoms with Gasteiger partial charge in [-0.2, -0.15) is 11.8 Å². The molecule has 1 aliphatic rings. The standard InChI is InChI=1S/C12H26N2O2S2/c1-13-9-5-6-10-18(15,16)14-11-12(17-2)7-3-4-8-12/h13-14H,3-11H2,1-2H3. The van der Waals surface area contributed by atoms with Crippen LogP contribution < -0.4 is 10.0 Å². The zero-order chi connectivity index (χ0) is 13.5. The first-order valence-corrected chi connectivity index (χ1v) is 9.58. The highest BCUT2D eigenvalue weighted by atomic mass is 32.2. The second-order valence-corrected chi connectivity index (χ2v) is 8.25. The largest absolute Gasteiger partial charge is 0.320 e. The Kier molecular flexibility index (Phi) is 6.98. The van der Waals surface area contributed by atoms with Crippen molar-refractivity contribution >= 4 is 21.8 Å². The molecule has 4 nitrogen and oxygen atoms in total. The van der Waals surface area contributed by atoms with Crippen LogP contribution in [0.4, 0.5) is 0 Å². The average Bonchev–Trinajstić information content (AvgIpc) is 2.82. The summed E-state index contributed by atoms with van der Waals surface area (Å²) in [6.07, 6.45) is 8.45.